The van der Waals surface area contributed by atoms with E-state index in [9.17, 15) is 9.18 Å². The topological polar surface area (TPSA) is 32.8 Å². The minimum absolute atomic E-state index is 0.0901. The van der Waals surface area contributed by atoms with Gasteiger partial charge in [-0.25, -0.2) is 4.39 Å². The number of carbonyl (C=O) groups is 1. The second-order valence-electron chi connectivity index (χ2n) is 6.14. The molecule has 22 heavy (non-hydrogen) atoms. The number of hydrogen-bond donors (Lipinski definition) is 0. The normalized spacial score (nSPS) is 23.5. The highest BCUT2D eigenvalue weighted by Gasteiger charge is 2.29. The van der Waals surface area contributed by atoms with Crippen LogP contribution < -0.4 is 0 Å². The number of likely N-dealkylation sites (tertiary alicyclic amines) is 1. The SMILES string of the molecule is O=C(C1CCCN(Cc2ccc(F)cc2)C1)N1CCOCC1. The molecule has 0 bridgehead atoms. The molecular weight excluding hydrogens is 283 g/mol. The van der Waals surface area contributed by atoms with Crippen LogP contribution in [0.1, 0.15) is 18.4 Å². The average Bonchev–Trinajstić information content (AvgIpc) is 2.57. The van der Waals surface area contributed by atoms with Gasteiger partial charge in [-0.3, -0.25) is 9.69 Å². The number of hydrogen-bond acceptors (Lipinski definition) is 3. The average molecular weight is 306 g/mol. The molecule has 2 aliphatic heterocycles. The van der Waals surface area contributed by atoms with Gasteiger partial charge in [-0.15, -0.1) is 0 Å². The third kappa shape index (κ3) is 3.84. The third-order valence-corrected chi connectivity index (χ3v) is 4.50. The zero-order chi connectivity index (χ0) is 15.4. The van der Waals surface area contributed by atoms with E-state index in [0.29, 0.717) is 26.3 Å². The Balaban J connectivity index is 1.56. The van der Waals surface area contributed by atoms with Crippen molar-refractivity contribution in [2.24, 2.45) is 5.92 Å². The molecule has 2 fully saturated rings. The quantitative estimate of drug-likeness (QED) is 0.855. The van der Waals surface area contributed by atoms with Crippen molar-refractivity contribution in [1.82, 2.24) is 9.80 Å². The van der Waals surface area contributed by atoms with Crippen LogP contribution in [0.15, 0.2) is 24.3 Å². The predicted octanol–water partition coefficient (Wildman–Crippen LogP) is 1.90. The van der Waals surface area contributed by atoms with Crippen LogP contribution in [0.3, 0.4) is 0 Å². The largest absolute Gasteiger partial charge is 0.378 e. The van der Waals surface area contributed by atoms with E-state index in [4.69, 9.17) is 4.74 Å². The molecule has 0 spiro atoms. The van der Waals surface area contributed by atoms with Gasteiger partial charge >= 0.3 is 0 Å². The number of carbonyl (C=O) groups excluding carboxylic acids is 1. The summed E-state index contributed by atoms with van der Waals surface area (Å²) >= 11 is 0. The maximum Gasteiger partial charge on any atom is 0.227 e. The van der Waals surface area contributed by atoms with Crippen LogP contribution in [-0.2, 0) is 16.1 Å². The fraction of sp³-hybridized carbons (Fsp3) is 0.588. The highest BCUT2D eigenvalue weighted by molar-refractivity contribution is 5.79. The van der Waals surface area contributed by atoms with E-state index in [1.807, 2.05) is 17.0 Å². The van der Waals surface area contributed by atoms with Crippen molar-refractivity contribution < 1.29 is 13.9 Å². The van der Waals surface area contributed by atoms with Crippen LogP contribution in [-0.4, -0.2) is 55.1 Å². The third-order valence-electron chi connectivity index (χ3n) is 4.50. The molecule has 0 saturated carbocycles. The zero-order valence-electron chi connectivity index (χ0n) is 12.8. The second-order valence-corrected chi connectivity index (χ2v) is 6.14. The van der Waals surface area contributed by atoms with Crippen molar-refractivity contribution in [3.05, 3.63) is 35.6 Å². The number of rotatable bonds is 3. The molecule has 1 amide bonds. The Morgan fingerprint density at radius 2 is 1.91 bits per heavy atom. The maximum atomic E-state index is 13.0. The Bertz CT molecular complexity index is 500. The van der Waals surface area contributed by atoms with Crippen molar-refractivity contribution in [2.75, 3.05) is 39.4 Å². The lowest BCUT2D eigenvalue weighted by Crippen LogP contribution is -2.48. The Morgan fingerprint density at radius 1 is 1.18 bits per heavy atom. The predicted molar refractivity (Wildman–Crippen MR) is 81.8 cm³/mol. The van der Waals surface area contributed by atoms with Crippen LogP contribution in [0.4, 0.5) is 4.39 Å². The lowest BCUT2D eigenvalue weighted by atomic mass is 9.96. The molecule has 0 radical (unpaired) electrons. The van der Waals surface area contributed by atoms with E-state index < -0.39 is 0 Å². The Morgan fingerprint density at radius 3 is 2.64 bits per heavy atom. The monoisotopic (exact) mass is 306 g/mol. The number of piperidine rings is 1. The molecule has 2 aliphatic rings. The van der Waals surface area contributed by atoms with Crippen LogP contribution in [0, 0.1) is 11.7 Å². The number of amides is 1. The van der Waals surface area contributed by atoms with Gasteiger partial charge < -0.3 is 9.64 Å². The lowest BCUT2D eigenvalue weighted by molar-refractivity contribution is -0.141. The van der Waals surface area contributed by atoms with Gasteiger partial charge in [0.15, 0.2) is 0 Å². The fourth-order valence-electron chi connectivity index (χ4n) is 3.29. The molecule has 0 N–H and O–H groups in total. The van der Waals surface area contributed by atoms with Gasteiger partial charge in [-0.05, 0) is 37.1 Å². The fourth-order valence-corrected chi connectivity index (χ4v) is 3.29. The summed E-state index contributed by atoms with van der Waals surface area (Å²) in [5.74, 6) is 0.155. The summed E-state index contributed by atoms with van der Waals surface area (Å²) in [6.07, 6.45) is 2.01. The highest BCUT2D eigenvalue weighted by atomic mass is 19.1. The summed E-state index contributed by atoms with van der Waals surface area (Å²) in [5.41, 5.74) is 1.10. The number of morpholine rings is 1. The number of nitrogens with zero attached hydrogens (tertiary/aromatic N) is 2. The first-order valence-electron chi connectivity index (χ1n) is 8.06. The van der Waals surface area contributed by atoms with Gasteiger partial charge in [0.2, 0.25) is 5.91 Å². The summed E-state index contributed by atoms with van der Waals surface area (Å²) in [6, 6.07) is 6.64. The Hall–Kier alpha value is -1.46. The molecule has 1 aromatic carbocycles. The first-order chi connectivity index (χ1) is 10.7. The van der Waals surface area contributed by atoms with Crippen molar-refractivity contribution in [3.63, 3.8) is 0 Å². The van der Waals surface area contributed by atoms with Crippen molar-refractivity contribution in [2.45, 2.75) is 19.4 Å². The van der Waals surface area contributed by atoms with Crippen LogP contribution in [0.2, 0.25) is 0 Å². The van der Waals surface area contributed by atoms with Gasteiger partial charge in [-0.2, -0.15) is 0 Å². The second kappa shape index (κ2) is 7.20. The molecule has 2 heterocycles. The standard InChI is InChI=1S/C17H23FN2O2/c18-16-5-3-14(4-6-16)12-19-7-1-2-15(13-19)17(21)20-8-10-22-11-9-20/h3-6,15H,1-2,7-13H2. The van der Waals surface area contributed by atoms with Crippen molar-refractivity contribution >= 4 is 5.91 Å². The van der Waals surface area contributed by atoms with Crippen LogP contribution >= 0.6 is 0 Å². The van der Waals surface area contributed by atoms with Gasteiger partial charge in [0.1, 0.15) is 5.82 Å². The van der Waals surface area contributed by atoms with E-state index in [0.717, 1.165) is 38.0 Å². The van der Waals surface area contributed by atoms with Gasteiger partial charge in [0, 0.05) is 26.2 Å². The molecule has 5 heteroatoms. The van der Waals surface area contributed by atoms with E-state index in [-0.39, 0.29) is 17.6 Å². The molecule has 120 valence electrons. The van der Waals surface area contributed by atoms with Crippen molar-refractivity contribution in [1.29, 1.82) is 0 Å². The van der Waals surface area contributed by atoms with E-state index in [2.05, 4.69) is 4.90 Å². The van der Waals surface area contributed by atoms with E-state index in [1.54, 1.807) is 0 Å². The molecule has 1 atom stereocenters. The van der Waals surface area contributed by atoms with Gasteiger partial charge in [0.05, 0.1) is 19.1 Å². The smallest absolute Gasteiger partial charge is 0.227 e. The van der Waals surface area contributed by atoms with Crippen molar-refractivity contribution in [3.8, 4) is 0 Å². The Kier molecular flexibility index (Phi) is 5.05. The summed E-state index contributed by atoms with van der Waals surface area (Å²) in [5, 5.41) is 0. The summed E-state index contributed by atoms with van der Waals surface area (Å²) in [4.78, 5) is 16.8. The lowest BCUT2D eigenvalue weighted by Gasteiger charge is -2.36. The minimum atomic E-state index is -0.206. The molecule has 1 aromatic rings. The van der Waals surface area contributed by atoms with E-state index >= 15 is 0 Å². The molecule has 1 unspecified atom stereocenters. The summed E-state index contributed by atoms with van der Waals surface area (Å²) in [7, 11) is 0. The molecule has 3 rings (SSSR count). The van der Waals surface area contributed by atoms with Gasteiger partial charge in [0.25, 0.3) is 0 Å². The minimum Gasteiger partial charge on any atom is -0.378 e. The van der Waals surface area contributed by atoms with Crippen LogP contribution in [0.25, 0.3) is 0 Å². The first kappa shape index (κ1) is 15.4. The highest BCUT2D eigenvalue weighted by Crippen LogP contribution is 2.21. The molecule has 0 aromatic heterocycles. The number of halogens is 1. The van der Waals surface area contributed by atoms with E-state index in [1.165, 1.54) is 12.1 Å². The molecule has 4 nitrogen and oxygen atoms in total. The molecule has 0 aliphatic carbocycles. The number of ether oxygens (including phenoxy) is 1. The zero-order valence-corrected chi connectivity index (χ0v) is 12.8. The van der Waals surface area contributed by atoms with Crippen LogP contribution in [0.5, 0.6) is 0 Å². The molecular formula is C17H23FN2O2. The first-order valence-corrected chi connectivity index (χ1v) is 8.06. The molecule has 2 saturated heterocycles. The maximum absolute atomic E-state index is 13.0. The number of benzene rings is 1. The van der Waals surface area contributed by atoms with Gasteiger partial charge in [-0.1, -0.05) is 12.1 Å². The Labute approximate surface area is 130 Å². The summed E-state index contributed by atoms with van der Waals surface area (Å²) < 4.78 is 18.3. The summed E-state index contributed by atoms with van der Waals surface area (Å²) in [6.45, 7) is 5.32.